The van der Waals surface area contributed by atoms with E-state index >= 15 is 0 Å². The third-order valence-electron chi connectivity index (χ3n) is 3.37. The van der Waals surface area contributed by atoms with Crippen LogP contribution in [0.25, 0.3) is 16.8 Å². The van der Waals surface area contributed by atoms with Crippen molar-refractivity contribution in [2.24, 2.45) is 0 Å². The first-order valence-corrected chi connectivity index (χ1v) is 8.84. The highest BCUT2D eigenvalue weighted by atomic mass is 35.5. The molecule has 1 heterocycles. The number of nitriles is 1. The largest absolute Gasteiger partial charge is 0.358 e. The van der Waals surface area contributed by atoms with Gasteiger partial charge in [-0.05, 0) is 24.3 Å². The highest BCUT2D eigenvalue weighted by Crippen LogP contribution is 2.31. The molecule has 1 N–H and O–H groups in total. The number of thiazole rings is 1. The van der Waals surface area contributed by atoms with Crippen molar-refractivity contribution in [3.8, 4) is 17.3 Å². The molecule has 0 radical (unpaired) electrons. The lowest BCUT2D eigenvalue weighted by Gasteiger charge is -2.03. The average molecular weight is 408 g/mol. The molecule has 0 bridgehead atoms. The van der Waals surface area contributed by atoms with Crippen molar-refractivity contribution in [1.29, 1.82) is 5.26 Å². The predicted octanol–water partition coefficient (Wildman–Crippen LogP) is 6.37. The van der Waals surface area contributed by atoms with E-state index in [9.17, 15) is 14.0 Å². The normalized spacial score (nSPS) is 11.3. The zero-order valence-corrected chi connectivity index (χ0v) is 15.3. The van der Waals surface area contributed by atoms with E-state index in [-0.39, 0.29) is 11.3 Å². The second-order valence-corrected chi connectivity index (χ2v) is 6.78. The molecule has 1 aromatic heterocycles. The number of aromatic nitrogens is 1. The Labute approximate surface area is 162 Å². The van der Waals surface area contributed by atoms with Crippen molar-refractivity contribution in [2.75, 3.05) is 5.32 Å². The molecule has 0 spiro atoms. The standard InChI is InChI=1S/C18H9Cl2F2N3S/c19-13-3-1-10(5-14(13)20)17-9-26-18(25-17)11(7-23)8-24-16-4-2-12(21)6-15(16)22/h1-6,8-9,24H. The van der Waals surface area contributed by atoms with Crippen LogP contribution in [0.1, 0.15) is 5.01 Å². The summed E-state index contributed by atoms with van der Waals surface area (Å²) in [7, 11) is 0. The van der Waals surface area contributed by atoms with Crippen LogP contribution in [0.4, 0.5) is 14.5 Å². The minimum absolute atomic E-state index is 0.0559. The molecule has 0 aliphatic rings. The van der Waals surface area contributed by atoms with E-state index in [2.05, 4.69) is 10.3 Å². The molecular weight excluding hydrogens is 399 g/mol. The summed E-state index contributed by atoms with van der Waals surface area (Å²) in [4.78, 5) is 4.40. The summed E-state index contributed by atoms with van der Waals surface area (Å²) in [6.07, 6.45) is 1.33. The molecule has 0 saturated carbocycles. The Bertz CT molecular complexity index is 1040. The Kier molecular flexibility index (Phi) is 5.52. The van der Waals surface area contributed by atoms with E-state index < -0.39 is 11.6 Å². The Morgan fingerprint density at radius 3 is 2.65 bits per heavy atom. The second kappa shape index (κ2) is 7.83. The molecule has 2 aromatic carbocycles. The SMILES string of the molecule is N#CC(=CNc1ccc(F)cc1F)c1nc(-c2ccc(Cl)c(Cl)c2)cs1. The molecule has 3 rings (SSSR count). The van der Waals surface area contributed by atoms with Gasteiger partial charge in [-0.1, -0.05) is 29.3 Å². The van der Waals surface area contributed by atoms with Crippen LogP contribution in [0.3, 0.4) is 0 Å². The highest BCUT2D eigenvalue weighted by molar-refractivity contribution is 7.11. The minimum atomic E-state index is -0.755. The predicted molar refractivity (Wildman–Crippen MR) is 101 cm³/mol. The molecule has 0 aliphatic carbocycles. The van der Waals surface area contributed by atoms with Gasteiger partial charge in [0.05, 0.1) is 21.4 Å². The monoisotopic (exact) mass is 407 g/mol. The van der Waals surface area contributed by atoms with Gasteiger partial charge in [0.15, 0.2) is 0 Å². The first-order valence-electron chi connectivity index (χ1n) is 7.21. The third kappa shape index (κ3) is 4.02. The molecular formula is C18H9Cl2F2N3S. The maximum Gasteiger partial charge on any atom is 0.149 e. The summed E-state index contributed by atoms with van der Waals surface area (Å²) in [5.74, 6) is -1.43. The highest BCUT2D eigenvalue weighted by Gasteiger charge is 2.11. The smallest absolute Gasteiger partial charge is 0.149 e. The summed E-state index contributed by atoms with van der Waals surface area (Å²) in [5, 5.41) is 15.1. The maximum absolute atomic E-state index is 13.7. The number of hydrogen-bond acceptors (Lipinski definition) is 4. The molecule has 0 atom stereocenters. The average Bonchev–Trinajstić information content (AvgIpc) is 3.09. The molecule has 0 fully saturated rings. The van der Waals surface area contributed by atoms with Crippen LogP contribution in [-0.2, 0) is 0 Å². The van der Waals surface area contributed by atoms with Gasteiger partial charge in [0, 0.05) is 23.2 Å². The van der Waals surface area contributed by atoms with Crippen molar-refractivity contribution >= 4 is 45.8 Å². The topological polar surface area (TPSA) is 48.7 Å². The quantitative estimate of drug-likeness (QED) is 0.510. The van der Waals surface area contributed by atoms with Gasteiger partial charge in [0.1, 0.15) is 28.3 Å². The van der Waals surface area contributed by atoms with Gasteiger partial charge in [-0.2, -0.15) is 5.26 Å². The number of nitrogens with one attached hydrogen (secondary N) is 1. The molecule has 0 amide bonds. The van der Waals surface area contributed by atoms with Gasteiger partial charge in [-0.15, -0.1) is 11.3 Å². The van der Waals surface area contributed by atoms with Crippen molar-refractivity contribution in [1.82, 2.24) is 4.98 Å². The van der Waals surface area contributed by atoms with Crippen molar-refractivity contribution in [3.63, 3.8) is 0 Å². The Morgan fingerprint density at radius 2 is 1.96 bits per heavy atom. The molecule has 0 aliphatic heterocycles. The van der Waals surface area contributed by atoms with Crippen LogP contribution in [0.5, 0.6) is 0 Å². The summed E-state index contributed by atoms with van der Waals surface area (Å²) in [5.41, 5.74) is 1.67. The van der Waals surface area contributed by atoms with Gasteiger partial charge in [0.25, 0.3) is 0 Å². The lowest BCUT2D eigenvalue weighted by Crippen LogP contribution is -1.94. The fourth-order valence-electron chi connectivity index (χ4n) is 2.08. The van der Waals surface area contributed by atoms with Crippen LogP contribution in [-0.4, -0.2) is 4.98 Å². The van der Waals surface area contributed by atoms with Crippen LogP contribution < -0.4 is 5.32 Å². The first-order chi connectivity index (χ1) is 12.5. The number of rotatable bonds is 4. The van der Waals surface area contributed by atoms with Gasteiger partial charge in [0.2, 0.25) is 0 Å². The maximum atomic E-state index is 13.7. The summed E-state index contributed by atoms with van der Waals surface area (Å²) >= 11 is 13.2. The van der Waals surface area contributed by atoms with E-state index in [1.165, 1.54) is 23.6 Å². The summed E-state index contributed by atoms with van der Waals surface area (Å²) in [6, 6.07) is 10.3. The molecule has 8 heteroatoms. The first kappa shape index (κ1) is 18.3. The lowest BCUT2D eigenvalue weighted by molar-refractivity contribution is 0.586. The number of nitrogens with zero attached hydrogens (tertiary/aromatic N) is 2. The Balaban J connectivity index is 1.86. The molecule has 3 nitrogen and oxygen atoms in total. The summed E-state index contributed by atoms with van der Waals surface area (Å²) in [6.45, 7) is 0. The van der Waals surface area contributed by atoms with E-state index in [0.29, 0.717) is 20.7 Å². The zero-order chi connectivity index (χ0) is 18.7. The van der Waals surface area contributed by atoms with Crippen LogP contribution >= 0.6 is 34.5 Å². The van der Waals surface area contributed by atoms with E-state index in [0.717, 1.165) is 17.7 Å². The van der Waals surface area contributed by atoms with Gasteiger partial charge >= 0.3 is 0 Å². The number of anilines is 1. The number of allylic oxidation sites excluding steroid dienone is 1. The Morgan fingerprint density at radius 1 is 1.15 bits per heavy atom. The second-order valence-electron chi connectivity index (χ2n) is 5.11. The van der Waals surface area contributed by atoms with Gasteiger partial charge < -0.3 is 5.32 Å². The number of halogens is 4. The van der Waals surface area contributed by atoms with E-state index in [4.69, 9.17) is 23.2 Å². The fraction of sp³-hybridized carbons (Fsp3) is 0. The van der Waals surface area contributed by atoms with Crippen LogP contribution in [0.15, 0.2) is 48.0 Å². The minimum Gasteiger partial charge on any atom is -0.358 e. The molecule has 0 saturated heterocycles. The molecule has 130 valence electrons. The van der Waals surface area contributed by atoms with Crippen LogP contribution in [0.2, 0.25) is 10.0 Å². The Hall–Kier alpha value is -2.46. The number of benzene rings is 2. The molecule has 3 aromatic rings. The van der Waals surface area contributed by atoms with Crippen molar-refractivity contribution < 1.29 is 8.78 Å². The number of hydrogen-bond donors (Lipinski definition) is 1. The molecule has 0 unspecified atom stereocenters. The lowest BCUT2D eigenvalue weighted by atomic mass is 10.2. The van der Waals surface area contributed by atoms with Gasteiger partial charge in [-0.3, -0.25) is 0 Å². The van der Waals surface area contributed by atoms with Gasteiger partial charge in [-0.25, -0.2) is 13.8 Å². The van der Waals surface area contributed by atoms with Crippen LogP contribution in [0, 0.1) is 23.0 Å². The molecule has 26 heavy (non-hydrogen) atoms. The summed E-state index contributed by atoms with van der Waals surface area (Å²) < 4.78 is 26.6. The fourth-order valence-corrected chi connectivity index (χ4v) is 3.18. The van der Waals surface area contributed by atoms with E-state index in [1.54, 1.807) is 23.6 Å². The zero-order valence-electron chi connectivity index (χ0n) is 12.9. The van der Waals surface area contributed by atoms with Crippen molar-refractivity contribution in [3.05, 3.63) is 74.7 Å². The van der Waals surface area contributed by atoms with Crippen molar-refractivity contribution in [2.45, 2.75) is 0 Å². The van der Waals surface area contributed by atoms with E-state index in [1.807, 2.05) is 6.07 Å². The third-order valence-corrected chi connectivity index (χ3v) is 4.99.